The van der Waals surface area contributed by atoms with Crippen molar-refractivity contribution >= 4 is 23.7 Å². The zero-order valence-electron chi connectivity index (χ0n) is 21.4. The van der Waals surface area contributed by atoms with E-state index in [9.17, 15) is 29.4 Å². The maximum Gasteiger partial charge on any atom is 0.303 e. The molecule has 9 nitrogen and oxygen atoms in total. The van der Waals surface area contributed by atoms with Crippen LogP contribution in [0.2, 0.25) is 0 Å². The SMILES string of the molecule is CC(=O)O[C@H]1C[C@H]2[C@@H](OC(C)=O)/C=C3\C[C@](C)(C(=O)[C@H](O)C(=C1C)C2(C)C)[C@@H](OC(C)=O)C[C@@H]3O. The van der Waals surface area contributed by atoms with Gasteiger partial charge in [-0.3, -0.25) is 19.2 Å². The lowest BCUT2D eigenvalue weighted by atomic mass is 9.57. The lowest BCUT2D eigenvalue weighted by Gasteiger charge is -2.51. The van der Waals surface area contributed by atoms with Gasteiger partial charge in [0.2, 0.25) is 0 Å². The van der Waals surface area contributed by atoms with E-state index < -0.39 is 71.0 Å². The molecule has 0 radical (unpaired) electrons. The fourth-order valence-corrected chi connectivity index (χ4v) is 6.18. The molecule has 2 N–H and O–H groups in total. The molecule has 0 aromatic carbocycles. The average molecular weight is 493 g/mol. The van der Waals surface area contributed by atoms with Crippen LogP contribution in [0.25, 0.3) is 0 Å². The van der Waals surface area contributed by atoms with Gasteiger partial charge in [-0.05, 0) is 54.9 Å². The Bertz CT molecular complexity index is 991. The van der Waals surface area contributed by atoms with Gasteiger partial charge in [0.15, 0.2) is 5.78 Å². The molecule has 3 rings (SSSR count). The van der Waals surface area contributed by atoms with Gasteiger partial charge in [-0.1, -0.05) is 13.8 Å². The number of hydrogen-bond acceptors (Lipinski definition) is 9. The molecule has 1 fully saturated rings. The minimum Gasteiger partial charge on any atom is -0.461 e. The van der Waals surface area contributed by atoms with Crippen molar-refractivity contribution in [3.8, 4) is 0 Å². The Kier molecular flexibility index (Phi) is 7.35. The largest absolute Gasteiger partial charge is 0.461 e. The number of ketones is 1. The second-order valence-electron chi connectivity index (χ2n) is 10.8. The molecule has 35 heavy (non-hydrogen) atoms. The van der Waals surface area contributed by atoms with Crippen LogP contribution in [0.15, 0.2) is 22.8 Å². The summed E-state index contributed by atoms with van der Waals surface area (Å²) in [6.07, 6.45) is -3.17. The molecule has 0 amide bonds. The van der Waals surface area contributed by atoms with Gasteiger partial charge in [-0.2, -0.15) is 0 Å². The van der Waals surface area contributed by atoms with Crippen LogP contribution in [-0.2, 0) is 33.4 Å². The van der Waals surface area contributed by atoms with Crippen LogP contribution in [0.4, 0.5) is 0 Å². The van der Waals surface area contributed by atoms with Crippen molar-refractivity contribution < 1.29 is 43.6 Å². The van der Waals surface area contributed by atoms with Gasteiger partial charge < -0.3 is 24.4 Å². The Morgan fingerprint density at radius 3 is 2.06 bits per heavy atom. The molecule has 0 aliphatic heterocycles. The van der Waals surface area contributed by atoms with Crippen LogP contribution < -0.4 is 0 Å². The number of rotatable bonds is 3. The van der Waals surface area contributed by atoms with Gasteiger partial charge in [0.05, 0.1) is 11.5 Å². The summed E-state index contributed by atoms with van der Waals surface area (Å²) in [7, 11) is 0. The second kappa shape index (κ2) is 9.50. The third kappa shape index (κ3) is 4.93. The maximum absolute atomic E-state index is 13.9. The van der Waals surface area contributed by atoms with Crippen LogP contribution in [0.5, 0.6) is 0 Å². The van der Waals surface area contributed by atoms with Gasteiger partial charge in [0.25, 0.3) is 0 Å². The van der Waals surface area contributed by atoms with Crippen molar-refractivity contribution in [2.45, 2.75) is 98.2 Å². The predicted molar refractivity (Wildman–Crippen MR) is 124 cm³/mol. The van der Waals surface area contributed by atoms with Gasteiger partial charge in [0.1, 0.15) is 24.4 Å². The monoisotopic (exact) mass is 492 g/mol. The number of aliphatic hydroxyl groups is 2. The number of fused-ring (bicyclic) bond motifs is 4. The van der Waals surface area contributed by atoms with Crippen molar-refractivity contribution in [2.75, 3.05) is 0 Å². The topological polar surface area (TPSA) is 136 Å². The average Bonchev–Trinajstić information content (AvgIpc) is 2.70. The van der Waals surface area contributed by atoms with Gasteiger partial charge in [-0.15, -0.1) is 0 Å². The third-order valence-electron chi connectivity index (χ3n) is 7.92. The van der Waals surface area contributed by atoms with Gasteiger partial charge in [0, 0.05) is 33.1 Å². The summed E-state index contributed by atoms with van der Waals surface area (Å²) < 4.78 is 16.7. The normalized spacial score (nSPS) is 38.1. The molecule has 194 valence electrons. The van der Waals surface area contributed by atoms with E-state index in [4.69, 9.17) is 14.2 Å². The number of aliphatic hydroxyl groups excluding tert-OH is 2. The standard InChI is InChI=1S/C26H36O9/c1-12-19(33-13(2)27)9-17-20(34-14(3)28)8-16-11-26(7,21(10-18(16)30)35-15(4)29)24(32)23(31)22(12)25(17,5)6/h8,17-21,23,30-31H,9-11H2,1-7H3/b16-8+/t17-,18-,19-,20-,21-,23+,26-/m0/s1. The van der Waals surface area contributed by atoms with E-state index >= 15 is 0 Å². The highest BCUT2D eigenvalue weighted by atomic mass is 16.6. The molecule has 1 saturated carbocycles. The minimum atomic E-state index is -1.58. The number of carbonyl (C=O) groups is 4. The zero-order valence-corrected chi connectivity index (χ0v) is 21.4. The van der Waals surface area contributed by atoms with E-state index in [2.05, 4.69) is 0 Å². The first-order valence-electron chi connectivity index (χ1n) is 11.9. The van der Waals surface area contributed by atoms with Crippen LogP contribution in [0.3, 0.4) is 0 Å². The molecule has 0 saturated heterocycles. The highest BCUT2D eigenvalue weighted by molar-refractivity contribution is 5.93. The van der Waals surface area contributed by atoms with E-state index in [1.165, 1.54) is 20.8 Å². The molecular weight excluding hydrogens is 456 g/mol. The van der Waals surface area contributed by atoms with Crippen LogP contribution in [-0.4, -0.2) is 64.4 Å². The molecule has 3 aliphatic carbocycles. The molecule has 4 bridgehead atoms. The first kappa shape index (κ1) is 27.1. The number of esters is 3. The number of ether oxygens (including phenoxy) is 3. The fraction of sp³-hybridized carbons (Fsp3) is 0.692. The van der Waals surface area contributed by atoms with Crippen molar-refractivity contribution in [2.24, 2.45) is 16.7 Å². The van der Waals surface area contributed by atoms with E-state index in [1.807, 2.05) is 13.8 Å². The molecular formula is C26H36O9. The van der Waals surface area contributed by atoms with E-state index in [0.717, 1.165) is 0 Å². The maximum atomic E-state index is 13.9. The lowest BCUT2D eigenvalue weighted by molar-refractivity contribution is -0.166. The first-order chi connectivity index (χ1) is 16.1. The highest BCUT2D eigenvalue weighted by Gasteiger charge is 2.56. The van der Waals surface area contributed by atoms with E-state index in [0.29, 0.717) is 23.1 Å². The Balaban J connectivity index is 2.29. The summed E-state index contributed by atoms with van der Waals surface area (Å²) in [5.41, 5.74) is -0.763. The number of hydrogen-bond donors (Lipinski definition) is 2. The second-order valence-corrected chi connectivity index (χ2v) is 10.8. The molecule has 0 spiro atoms. The summed E-state index contributed by atoms with van der Waals surface area (Å²) in [6, 6.07) is 0. The molecule has 9 heteroatoms. The Morgan fingerprint density at radius 2 is 1.51 bits per heavy atom. The minimum absolute atomic E-state index is 0.0205. The summed E-state index contributed by atoms with van der Waals surface area (Å²) in [5, 5.41) is 22.5. The summed E-state index contributed by atoms with van der Waals surface area (Å²) >= 11 is 0. The summed E-state index contributed by atoms with van der Waals surface area (Å²) in [6.45, 7) is 10.8. The number of Topliss-reactive ketones (excluding diaryl/α,β-unsaturated/α-hetero) is 1. The quantitative estimate of drug-likeness (QED) is 0.345. The molecule has 3 aliphatic rings. The summed E-state index contributed by atoms with van der Waals surface area (Å²) in [4.78, 5) is 49.7. The van der Waals surface area contributed by atoms with Crippen LogP contribution >= 0.6 is 0 Å². The first-order valence-corrected chi connectivity index (χ1v) is 11.9. The van der Waals surface area contributed by atoms with E-state index in [1.54, 1.807) is 19.9 Å². The highest BCUT2D eigenvalue weighted by Crippen LogP contribution is 2.53. The Labute approximate surface area is 205 Å². The van der Waals surface area contributed by atoms with E-state index in [-0.39, 0.29) is 12.8 Å². The van der Waals surface area contributed by atoms with Crippen LogP contribution in [0.1, 0.15) is 67.7 Å². The van der Waals surface area contributed by atoms with Crippen molar-refractivity contribution in [1.82, 2.24) is 0 Å². The zero-order chi connectivity index (χ0) is 26.5. The number of carbonyl (C=O) groups excluding carboxylic acids is 4. The van der Waals surface area contributed by atoms with Crippen molar-refractivity contribution in [3.63, 3.8) is 0 Å². The van der Waals surface area contributed by atoms with Crippen molar-refractivity contribution in [1.29, 1.82) is 0 Å². The van der Waals surface area contributed by atoms with Gasteiger partial charge in [-0.25, -0.2) is 0 Å². The fourth-order valence-electron chi connectivity index (χ4n) is 6.18. The molecule has 0 aromatic heterocycles. The molecule has 0 aromatic rings. The predicted octanol–water partition coefficient (Wildman–Crippen LogP) is 2.18. The lowest BCUT2D eigenvalue weighted by Crippen LogP contribution is -2.56. The Hall–Kier alpha value is -2.52. The smallest absolute Gasteiger partial charge is 0.303 e. The third-order valence-corrected chi connectivity index (χ3v) is 7.92. The molecule has 0 unspecified atom stereocenters. The molecule has 0 heterocycles. The van der Waals surface area contributed by atoms with Crippen LogP contribution in [0, 0.1) is 16.7 Å². The Morgan fingerprint density at radius 1 is 0.943 bits per heavy atom. The van der Waals surface area contributed by atoms with Crippen molar-refractivity contribution in [3.05, 3.63) is 22.8 Å². The summed E-state index contributed by atoms with van der Waals surface area (Å²) in [5.74, 6) is -2.66. The molecule has 7 atom stereocenters. The van der Waals surface area contributed by atoms with Gasteiger partial charge >= 0.3 is 17.9 Å².